The molecule has 0 unspecified atom stereocenters. The van der Waals surface area contributed by atoms with E-state index in [1.807, 2.05) is 6.08 Å². The van der Waals surface area contributed by atoms with E-state index in [9.17, 15) is 9.59 Å². The van der Waals surface area contributed by atoms with Gasteiger partial charge in [0.1, 0.15) is 6.04 Å². The number of carbonyl (C=O) groups excluding carboxylic acids is 2. The summed E-state index contributed by atoms with van der Waals surface area (Å²) in [7, 11) is 0. The molecule has 0 aromatic heterocycles. The molecule has 2 atom stereocenters. The van der Waals surface area contributed by atoms with Crippen LogP contribution in [0.1, 0.15) is 35.7 Å². The summed E-state index contributed by atoms with van der Waals surface area (Å²) in [5, 5.41) is 11.2. The fraction of sp³-hybridized carbons (Fsp3) is 0.333. The Morgan fingerprint density at radius 2 is 2.00 bits per heavy atom. The third-order valence-corrected chi connectivity index (χ3v) is 3.64. The quantitative estimate of drug-likeness (QED) is 0.367. The van der Waals surface area contributed by atoms with Crippen molar-refractivity contribution in [2.75, 3.05) is 0 Å². The Labute approximate surface area is 141 Å². The van der Waals surface area contributed by atoms with Crippen LogP contribution in [0, 0.1) is 17.8 Å². The van der Waals surface area contributed by atoms with Gasteiger partial charge >= 0.3 is 0 Å². The van der Waals surface area contributed by atoms with Crippen molar-refractivity contribution in [1.29, 1.82) is 0 Å². The molecule has 0 bridgehead atoms. The van der Waals surface area contributed by atoms with Gasteiger partial charge in [0.25, 0.3) is 11.8 Å². The zero-order valence-corrected chi connectivity index (χ0v) is 13.5. The van der Waals surface area contributed by atoms with Crippen molar-refractivity contribution in [2.45, 2.75) is 31.8 Å². The minimum Gasteiger partial charge on any atom is -0.339 e. The molecule has 1 aliphatic rings. The van der Waals surface area contributed by atoms with Crippen LogP contribution in [0.5, 0.6) is 0 Å². The molecule has 2 amide bonds. The number of hydroxylamine groups is 1. The van der Waals surface area contributed by atoms with Crippen molar-refractivity contribution in [3.8, 4) is 11.8 Å². The first-order valence-electron chi connectivity index (χ1n) is 7.80. The predicted octanol–water partition coefficient (Wildman–Crippen LogP) is 0.955. The number of amides is 2. The van der Waals surface area contributed by atoms with E-state index >= 15 is 0 Å². The van der Waals surface area contributed by atoms with Gasteiger partial charge < -0.3 is 11.1 Å². The second-order valence-electron chi connectivity index (χ2n) is 5.83. The maximum Gasteiger partial charge on any atom is 0.267 e. The van der Waals surface area contributed by atoms with E-state index in [1.54, 1.807) is 31.2 Å². The number of nitrogens with two attached hydrogens (primary N) is 1. The highest BCUT2D eigenvalue weighted by Gasteiger charge is 2.24. The molecule has 6 heteroatoms. The third kappa shape index (κ3) is 5.23. The van der Waals surface area contributed by atoms with Crippen molar-refractivity contribution in [1.82, 2.24) is 10.8 Å². The standard InChI is InChI=1S/C18H21N3O3/c1-12(19)16(18(23)21-24)20-17(22)15-10-8-14(9-11-15)5-3-2-4-13-6-7-13/h2,4,8-13,16,24H,6-7,19H2,1H3,(H,20,22)(H,21,23)/b4-2+/t12-,16+/m1/s1. The number of hydrogen-bond donors (Lipinski definition) is 4. The van der Waals surface area contributed by atoms with Crippen LogP contribution in [0.2, 0.25) is 0 Å². The lowest BCUT2D eigenvalue weighted by molar-refractivity contribution is -0.131. The van der Waals surface area contributed by atoms with Gasteiger partial charge in [-0.15, -0.1) is 0 Å². The summed E-state index contributed by atoms with van der Waals surface area (Å²) in [5.41, 5.74) is 8.32. The largest absolute Gasteiger partial charge is 0.339 e. The molecule has 2 rings (SSSR count). The van der Waals surface area contributed by atoms with E-state index in [0.29, 0.717) is 11.5 Å². The summed E-state index contributed by atoms with van der Waals surface area (Å²) in [4.78, 5) is 23.7. The van der Waals surface area contributed by atoms with E-state index < -0.39 is 23.9 Å². The van der Waals surface area contributed by atoms with E-state index in [0.717, 1.165) is 5.56 Å². The van der Waals surface area contributed by atoms with Crippen LogP contribution in [-0.2, 0) is 4.79 Å². The lowest BCUT2D eigenvalue weighted by Gasteiger charge is -2.19. The highest BCUT2D eigenvalue weighted by atomic mass is 16.5. The summed E-state index contributed by atoms with van der Waals surface area (Å²) < 4.78 is 0. The summed E-state index contributed by atoms with van der Waals surface area (Å²) in [6.07, 6.45) is 6.46. The molecule has 0 heterocycles. The molecule has 126 valence electrons. The van der Waals surface area contributed by atoms with Gasteiger partial charge in [-0.3, -0.25) is 14.8 Å². The van der Waals surface area contributed by atoms with E-state index in [-0.39, 0.29) is 0 Å². The highest BCUT2D eigenvalue weighted by molar-refractivity contribution is 5.97. The molecule has 5 N–H and O–H groups in total. The van der Waals surface area contributed by atoms with Gasteiger partial charge in [-0.25, -0.2) is 5.48 Å². The maximum atomic E-state index is 12.2. The van der Waals surface area contributed by atoms with Crippen LogP contribution in [0.25, 0.3) is 0 Å². The zero-order valence-electron chi connectivity index (χ0n) is 13.5. The molecule has 0 saturated heterocycles. The average molecular weight is 327 g/mol. The third-order valence-electron chi connectivity index (χ3n) is 3.64. The molecular weight excluding hydrogens is 306 g/mol. The zero-order chi connectivity index (χ0) is 17.5. The molecule has 1 aliphatic carbocycles. The number of rotatable bonds is 5. The van der Waals surface area contributed by atoms with E-state index in [2.05, 4.69) is 23.2 Å². The van der Waals surface area contributed by atoms with E-state index in [1.165, 1.54) is 18.3 Å². The van der Waals surface area contributed by atoms with Gasteiger partial charge in [-0.05, 0) is 56.0 Å². The highest BCUT2D eigenvalue weighted by Crippen LogP contribution is 2.29. The van der Waals surface area contributed by atoms with E-state index in [4.69, 9.17) is 10.9 Å². The first-order chi connectivity index (χ1) is 11.5. The number of carbonyl (C=O) groups is 2. The van der Waals surface area contributed by atoms with Crippen molar-refractivity contribution < 1.29 is 14.8 Å². The first kappa shape index (κ1) is 17.7. The van der Waals surface area contributed by atoms with Crippen LogP contribution in [0.3, 0.4) is 0 Å². The number of allylic oxidation sites excluding steroid dienone is 2. The van der Waals surface area contributed by atoms with Crippen LogP contribution in [0.4, 0.5) is 0 Å². The Hall–Kier alpha value is -2.62. The molecule has 0 radical (unpaired) electrons. The lowest BCUT2D eigenvalue weighted by atomic mass is 10.1. The fourth-order valence-corrected chi connectivity index (χ4v) is 2.03. The Bertz CT molecular complexity index is 680. The molecule has 1 fully saturated rings. The predicted molar refractivity (Wildman–Crippen MR) is 90.0 cm³/mol. The molecule has 1 aromatic rings. The normalized spacial score (nSPS) is 16.0. The SMILES string of the molecule is C[C@@H](N)[C@H](NC(=O)c1ccc(C#C/C=C/C2CC2)cc1)C(=O)NO. The Morgan fingerprint density at radius 1 is 1.33 bits per heavy atom. The lowest BCUT2D eigenvalue weighted by Crippen LogP contribution is -2.54. The van der Waals surface area contributed by atoms with Gasteiger partial charge in [0.05, 0.1) is 0 Å². The van der Waals surface area contributed by atoms with Crippen molar-refractivity contribution in [3.63, 3.8) is 0 Å². The summed E-state index contributed by atoms with van der Waals surface area (Å²) in [6.45, 7) is 1.56. The summed E-state index contributed by atoms with van der Waals surface area (Å²) in [5.74, 6) is 5.44. The van der Waals surface area contributed by atoms with Gasteiger partial charge in [-0.1, -0.05) is 17.9 Å². The Morgan fingerprint density at radius 3 is 2.54 bits per heavy atom. The maximum absolute atomic E-state index is 12.2. The fourth-order valence-electron chi connectivity index (χ4n) is 2.03. The Kier molecular flexibility index (Phi) is 6.13. The van der Waals surface area contributed by atoms with Gasteiger partial charge in [-0.2, -0.15) is 0 Å². The molecule has 24 heavy (non-hydrogen) atoms. The van der Waals surface area contributed by atoms with Crippen LogP contribution in [-0.4, -0.2) is 29.1 Å². The minimum atomic E-state index is -1.02. The first-order valence-corrected chi connectivity index (χ1v) is 7.80. The van der Waals surface area contributed by atoms with Gasteiger partial charge in [0.2, 0.25) is 0 Å². The second-order valence-corrected chi connectivity index (χ2v) is 5.83. The topological polar surface area (TPSA) is 104 Å². The molecule has 1 saturated carbocycles. The number of hydrogen-bond acceptors (Lipinski definition) is 4. The van der Waals surface area contributed by atoms with Crippen LogP contribution >= 0.6 is 0 Å². The van der Waals surface area contributed by atoms with Crippen LogP contribution < -0.4 is 16.5 Å². The molecular formula is C18H21N3O3. The minimum absolute atomic E-state index is 0.380. The molecule has 1 aromatic carbocycles. The molecule has 0 spiro atoms. The van der Waals surface area contributed by atoms with Gasteiger partial charge in [0, 0.05) is 17.2 Å². The monoisotopic (exact) mass is 327 g/mol. The summed E-state index contributed by atoms with van der Waals surface area (Å²) in [6, 6.07) is 5.05. The smallest absolute Gasteiger partial charge is 0.267 e. The van der Waals surface area contributed by atoms with Crippen molar-refractivity contribution in [3.05, 3.63) is 47.5 Å². The molecule has 6 nitrogen and oxygen atoms in total. The summed E-state index contributed by atoms with van der Waals surface area (Å²) >= 11 is 0. The number of nitrogens with one attached hydrogen (secondary N) is 2. The Balaban J connectivity index is 1.98. The second kappa shape index (κ2) is 8.29. The molecule has 0 aliphatic heterocycles. The number of benzene rings is 1. The average Bonchev–Trinajstić information content (AvgIpc) is 3.40. The van der Waals surface area contributed by atoms with Crippen molar-refractivity contribution >= 4 is 11.8 Å². The van der Waals surface area contributed by atoms with Crippen LogP contribution in [0.15, 0.2) is 36.4 Å². The van der Waals surface area contributed by atoms with Crippen molar-refractivity contribution in [2.24, 2.45) is 11.7 Å². The van der Waals surface area contributed by atoms with Gasteiger partial charge in [0.15, 0.2) is 0 Å².